The summed E-state index contributed by atoms with van der Waals surface area (Å²) in [5, 5.41) is 2.61. The summed E-state index contributed by atoms with van der Waals surface area (Å²) in [5.74, 6) is 3.43. The highest BCUT2D eigenvalue weighted by molar-refractivity contribution is 6.08. The van der Waals surface area contributed by atoms with E-state index in [2.05, 4.69) is 182 Å². The third-order valence-corrected chi connectivity index (χ3v) is 10.6. The van der Waals surface area contributed by atoms with Gasteiger partial charge in [-0.25, -0.2) is 0 Å². The number of hydrogen-bond donors (Lipinski definition) is 0. The Morgan fingerprint density at radius 3 is 2.39 bits per heavy atom. The zero-order valence-corrected chi connectivity index (χ0v) is 28.6. The molecule has 3 aliphatic carbocycles. The summed E-state index contributed by atoms with van der Waals surface area (Å²) >= 11 is 0. The molecule has 240 valence electrons. The molecule has 5 aromatic rings. The van der Waals surface area contributed by atoms with Crippen LogP contribution in [0.15, 0.2) is 151 Å². The van der Waals surface area contributed by atoms with Gasteiger partial charge in [0.15, 0.2) is 0 Å². The maximum atomic E-state index is 6.16. The number of benzene rings is 4. The summed E-state index contributed by atoms with van der Waals surface area (Å²) in [4.78, 5) is 2.49. The Morgan fingerprint density at radius 2 is 1.61 bits per heavy atom. The zero-order valence-electron chi connectivity index (χ0n) is 28.6. The van der Waals surface area contributed by atoms with Gasteiger partial charge in [0.25, 0.3) is 0 Å². The molecule has 2 atom stereocenters. The molecule has 2 nitrogen and oxygen atoms in total. The Morgan fingerprint density at radius 1 is 0.816 bits per heavy atom. The molecule has 4 aromatic carbocycles. The van der Waals surface area contributed by atoms with E-state index in [0.717, 1.165) is 30.5 Å². The lowest BCUT2D eigenvalue weighted by molar-refractivity contribution is 0.647. The van der Waals surface area contributed by atoms with Crippen molar-refractivity contribution in [2.24, 2.45) is 0 Å². The Hall–Kier alpha value is -5.52. The second-order valence-corrected chi connectivity index (χ2v) is 14.0. The Balaban J connectivity index is 1.27. The number of allylic oxidation sites excluding steroid dienone is 12. The number of anilines is 2. The van der Waals surface area contributed by atoms with Gasteiger partial charge < -0.3 is 9.47 Å². The molecule has 0 N–H and O–H groups in total. The molecular formula is C47H42N2. The minimum absolute atomic E-state index is 0.260. The average Bonchev–Trinajstić information content (AvgIpc) is 3.58. The first-order valence-electron chi connectivity index (χ1n) is 17.5. The number of aromatic nitrogens is 1. The third kappa shape index (κ3) is 5.31. The fourth-order valence-electron chi connectivity index (χ4n) is 8.18. The fraction of sp³-hybridized carbons (Fsp3) is 0.191. The van der Waals surface area contributed by atoms with Gasteiger partial charge in [0.2, 0.25) is 0 Å². The van der Waals surface area contributed by atoms with Crippen molar-refractivity contribution in [1.29, 1.82) is 0 Å². The molecule has 0 fully saturated rings. The predicted octanol–water partition coefficient (Wildman–Crippen LogP) is 12.0. The largest absolute Gasteiger partial charge is 0.337 e. The normalized spacial score (nSPS) is 19.3. The van der Waals surface area contributed by atoms with Gasteiger partial charge in [0.05, 0.1) is 11.6 Å². The number of para-hydroxylation sites is 1. The predicted molar refractivity (Wildman–Crippen MR) is 209 cm³/mol. The van der Waals surface area contributed by atoms with Crippen molar-refractivity contribution in [2.45, 2.75) is 57.5 Å². The number of nitrogens with zero attached hydrogens (tertiary/aromatic N) is 2. The van der Waals surface area contributed by atoms with Gasteiger partial charge in [-0.1, -0.05) is 129 Å². The molecule has 1 heterocycles. The molecule has 0 aliphatic heterocycles. The van der Waals surface area contributed by atoms with Gasteiger partial charge in [-0.3, -0.25) is 0 Å². The molecular weight excluding hydrogens is 593 g/mol. The SMILES string of the molecule is C#CC1=C(/C=C\C)c2ccc(N(Cc3ccc4c5ccccc5n(C5C=CC=CC5)c4c3)c3cccc(C4C=CC=CC4)c3)cc2C1(C)C. The van der Waals surface area contributed by atoms with Crippen molar-refractivity contribution in [1.82, 2.24) is 4.57 Å². The molecule has 2 unspecified atom stereocenters. The van der Waals surface area contributed by atoms with Gasteiger partial charge in [-0.05, 0) is 84.0 Å². The van der Waals surface area contributed by atoms with Crippen molar-refractivity contribution in [3.05, 3.63) is 174 Å². The van der Waals surface area contributed by atoms with Crippen LogP contribution in [0.4, 0.5) is 11.4 Å². The number of rotatable bonds is 7. The maximum Gasteiger partial charge on any atom is 0.0560 e. The molecule has 2 heteroatoms. The van der Waals surface area contributed by atoms with Crippen LogP contribution in [0.1, 0.15) is 67.8 Å². The van der Waals surface area contributed by atoms with E-state index in [-0.39, 0.29) is 11.5 Å². The molecule has 0 amide bonds. The van der Waals surface area contributed by atoms with E-state index >= 15 is 0 Å². The van der Waals surface area contributed by atoms with Crippen LogP contribution in [0.3, 0.4) is 0 Å². The highest BCUT2D eigenvalue weighted by Crippen LogP contribution is 2.48. The van der Waals surface area contributed by atoms with Crippen molar-refractivity contribution in [3.63, 3.8) is 0 Å². The highest BCUT2D eigenvalue weighted by Gasteiger charge is 2.36. The molecule has 3 aliphatic rings. The monoisotopic (exact) mass is 634 g/mol. The first kappa shape index (κ1) is 30.8. The Labute approximate surface area is 290 Å². The van der Waals surface area contributed by atoms with Crippen molar-refractivity contribution in [3.8, 4) is 12.3 Å². The molecule has 8 rings (SSSR count). The smallest absolute Gasteiger partial charge is 0.0560 e. The van der Waals surface area contributed by atoms with Gasteiger partial charge in [-0.2, -0.15) is 0 Å². The standard InChI is InChI=1S/C47H42N2/c1-5-16-39-40-28-26-38(31-44(40)47(3,4)43(39)6-2)48(37-22-15-19-35(30-37)34-17-9-7-10-18-34)32-33-25-27-42-41-23-13-14-24-45(41)49(46(42)29-33)36-20-11-8-12-21-36/h2,5,7-17,19-20,22-31,34,36H,18,21,32H2,1,3-4H3/b16-5-. The fourth-order valence-corrected chi connectivity index (χ4v) is 8.18. The summed E-state index contributed by atoms with van der Waals surface area (Å²) < 4.78 is 2.54. The number of hydrogen-bond acceptors (Lipinski definition) is 1. The van der Waals surface area contributed by atoms with Gasteiger partial charge in [0.1, 0.15) is 0 Å². The summed E-state index contributed by atoms with van der Waals surface area (Å²) in [7, 11) is 0. The molecule has 0 spiro atoms. The topological polar surface area (TPSA) is 8.17 Å². The third-order valence-electron chi connectivity index (χ3n) is 10.6. The van der Waals surface area contributed by atoms with Gasteiger partial charge >= 0.3 is 0 Å². The molecule has 1 aromatic heterocycles. The Bertz CT molecular complexity index is 2320. The van der Waals surface area contributed by atoms with E-state index in [4.69, 9.17) is 6.42 Å². The van der Waals surface area contributed by atoms with E-state index < -0.39 is 0 Å². The van der Waals surface area contributed by atoms with E-state index in [9.17, 15) is 0 Å². The lowest BCUT2D eigenvalue weighted by atomic mass is 9.81. The van der Waals surface area contributed by atoms with Crippen molar-refractivity contribution in [2.75, 3.05) is 4.90 Å². The van der Waals surface area contributed by atoms with Crippen LogP contribution < -0.4 is 4.90 Å². The second-order valence-electron chi connectivity index (χ2n) is 14.0. The average molecular weight is 635 g/mol. The first-order valence-corrected chi connectivity index (χ1v) is 17.5. The Kier molecular flexibility index (Phi) is 7.85. The first-order chi connectivity index (χ1) is 24.0. The van der Waals surface area contributed by atoms with Gasteiger partial charge in [0, 0.05) is 51.1 Å². The van der Waals surface area contributed by atoms with Crippen LogP contribution in [0.5, 0.6) is 0 Å². The van der Waals surface area contributed by atoms with Crippen LogP contribution in [0, 0.1) is 12.3 Å². The summed E-state index contributed by atoms with van der Waals surface area (Å²) in [5.41, 5.74) is 12.0. The van der Waals surface area contributed by atoms with Crippen LogP contribution in [0.25, 0.3) is 27.4 Å². The number of fused-ring (bicyclic) bond motifs is 4. The zero-order chi connectivity index (χ0) is 33.5. The van der Waals surface area contributed by atoms with Gasteiger partial charge in [-0.15, -0.1) is 6.42 Å². The summed E-state index contributed by atoms with van der Waals surface area (Å²) in [6.45, 7) is 7.32. The van der Waals surface area contributed by atoms with Crippen molar-refractivity contribution >= 4 is 38.8 Å². The lowest BCUT2D eigenvalue weighted by Crippen LogP contribution is -2.20. The van der Waals surface area contributed by atoms with Crippen molar-refractivity contribution < 1.29 is 0 Å². The molecule has 0 saturated carbocycles. The van der Waals surface area contributed by atoms with Crippen LogP contribution in [-0.4, -0.2) is 4.57 Å². The quantitative estimate of drug-likeness (QED) is 0.162. The molecule has 0 saturated heterocycles. The molecule has 0 bridgehead atoms. The summed E-state index contributed by atoms with van der Waals surface area (Å²) in [6.07, 6.45) is 30.3. The highest BCUT2D eigenvalue weighted by atomic mass is 15.1. The van der Waals surface area contributed by atoms with E-state index in [1.165, 1.54) is 55.4 Å². The van der Waals surface area contributed by atoms with Crippen LogP contribution in [0.2, 0.25) is 0 Å². The molecule has 0 radical (unpaired) electrons. The number of terminal acetylenes is 1. The van der Waals surface area contributed by atoms with E-state index in [1.54, 1.807) is 0 Å². The second kappa shape index (κ2) is 12.5. The lowest BCUT2D eigenvalue weighted by Gasteiger charge is -2.29. The molecule has 49 heavy (non-hydrogen) atoms. The minimum Gasteiger partial charge on any atom is -0.337 e. The maximum absolute atomic E-state index is 6.16. The van der Waals surface area contributed by atoms with Crippen LogP contribution in [-0.2, 0) is 12.0 Å². The van der Waals surface area contributed by atoms with E-state index in [1.807, 2.05) is 0 Å². The van der Waals surface area contributed by atoms with E-state index in [0.29, 0.717) is 5.92 Å². The summed E-state index contributed by atoms with van der Waals surface area (Å²) in [6, 6.07) is 32.3. The minimum atomic E-state index is -0.260. The van der Waals surface area contributed by atoms with Crippen LogP contribution >= 0.6 is 0 Å².